The number of benzene rings is 1. The van der Waals surface area contributed by atoms with E-state index in [2.05, 4.69) is 16.4 Å². The average Bonchev–Trinajstić information content (AvgIpc) is 3.71. The van der Waals surface area contributed by atoms with Gasteiger partial charge in [-0.05, 0) is 64.8 Å². The van der Waals surface area contributed by atoms with Crippen molar-refractivity contribution < 1.29 is 65.3 Å². The smallest absolute Gasteiger partial charge is 0.404 e. The van der Waals surface area contributed by atoms with Crippen LogP contribution in [-0.4, -0.2) is 75.3 Å². The highest BCUT2D eigenvalue weighted by Crippen LogP contribution is 2.71. The van der Waals surface area contributed by atoms with Crippen LogP contribution >= 0.6 is 0 Å². The van der Waals surface area contributed by atoms with Gasteiger partial charge in [-0.15, -0.1) is 0 Å². The highest BCUT2D eigenvalue weighted by Gasteiger charge is 2.81. The van der Waals surface area contributed by atoms with Gasteiger partial charge in [-0.2, -0.15) is 0 Å². The van der Waals surface area contributed by atoms with E-state index in [1.807, 2.05) is 13.8 Å². The lowest BCUT2D eigenvalue weighted by Gasteiger charge is -2.61. The molecule has 5 fully saturated rings. The molecule has 278 valence electrons. The number of hydrogen-bond acceptors (Lipinski definition) is 14. The minimum absolute atomic E-state index is 0.000803. The van der Waals surface area contributed by atoms with Crippen LogP contribution in [-0.2, 0) is 52.8 Å². The number of ketones is 1. The second-order valence-electron chi connectivity index (χ2n) is 14.8. The van der Waals surface area contributed by atoms with E-state index >= 15 is 0 Å². The Balaban J connectivity index is 0.961. The average molecular weight is 744 g/mol. The summed E-state index contributed by atoms with van der Waals surface area (Å²) < 4.78 is 58.3. The lowest BCUT2D eigenvalue weighted by atomic mass is 9.43. The minimum Gasteiger partial charge on any atom is -0.466 e. The molecule has 5 aliphatic rings. The summed E-state index contributed by atoms with van der Waals surface area (Å²) in [5.74, 6) is -5.62. The topological polar surface area (TPSA) is 218 Å². The highest BCUT2D eigenvalue weighted by atomic mass is 32.2. The number of aromatic amines is 1. The molecule has 2 bridgehead atoms. The van der Waals surface area contributed by atoms with Crippen molar-refractivity contribution in [3.8, 4) is 5.88 Å². The number of Topliss-reactive ketones (excluding diaryl/α,β-unsaturated/α-hetero) is 1. The number of ether oxygens (including phenoxy) is 5. The van der Waals surface area contributed by atoms with Crippen molar-refractivity contribution in [2.75, 3.05) is 19.8 Å². The van der Waals surface area contributed by atoms with E-state index in [1.54, 1.807) is 6.07 Å². The third-order valence-electron chi connectivity index (χ3n) is 11.6. The number of carbonyl (C=O) groups is 5. The normalized spacial score (nSPS) is 31.5. The molecule has 52 heavy (non-hydrogen) atoms. The van der Waals surface area contributed by atoms with E-state index in [1.165, 1.54) is 24.3 Å². The number of nitrogens with one attached hydrogen (secondary N) is 1. The number of nitrogens with zero attached hydrogens (tertiary/aromatic N) is 1. The molecule has 2 aliphatic heterocycles. The van der Waals surface area contributed by atoms with E-state index < -0.39 is 97.1 Å². The van der Waals surface area contributed by atoms with E-state index in [-0.39, 0.29) is 53.7 Å². The first-order valence-electron chi connectivity index (χ1n) is 17.2. The molecular weight excluding hydrogens is 704 g/mol. The maximum Gasteiger partial charge on any atom is 0.404 e. The van der Waals surface area contributed by atoms with Gasteiger partial charge in [-0.3, -0.25) is 24.0 Å². The SMILES string of the molecule is C=C1C(=O)[C@@]23C(=O)O[C@H]4CCC(C)(C)[C@H]5C(=O)OC[C@@]45[C@@H]2CC[C@@H]1[C@H]3OC(=O)CCC(=O)OCCCOc1[nH]o[n+](=O)c1S(=O)(=O)c1ccccc1. The Morgan fingerprint density at radius 3 is 2.52 bits per heavy atom. The van der Waals surface area contributed by atoms with E-state index in [4.69, 9.17) is 23.7 Å². The molecule has 2 aromatic rings. The third kappa shape index (κ3) is 5.21. The van der Waals surface area contributed by atoms with Crippen LogP contribution in [0.25, 0.3) is 0 Å². The van der Waals surface area contributed by atoms with Crippen LogP contribution in [0.5, 0.6) is 5.88 Å². The summed E-state index contributed by atoms with van der Waals surface area (Å²) in [5, 5.41) is 1.35. The standard InChI is InChI=1S/C35H39N2O14S/c1-19-21-10-11-22-34-18-48-31(41)26(34)33(2,3)15-14-23(34)49-32(42)35(22,27(19)40)28(21)50-25(39)13-12-24(38)46-16-7-17-47-29-30(37(43)51-36-29)52(44,45)20-8-5-4-6-9-20/h4-6,8-9,21-23,26,28,36H,1,7,10-18H2,2-3H3/q+1/t21-,22-,23-,26+,28+,34+,35-/m0/s1. The summed E-state index contributed by atoms with van der Waals surface area (Å²) in [6.45, 7) is 7.60. The first-order valence-corrected chi connectivity index (χ1v) is 18.7. The zero-order valence-corrected chi connectivity index (χ0v) is 29.4. The van der Waals surface area contributed by atoms with Gasteiger partial charge in [0.15, 0.2) is 11.2 Å². The maximum atomic E-state index is 14.1. The number of rotatable bonds is 11. The Kier molecular flexibility index (Phi) is 8.70. The molecule has 1 aromatic heterocycles. The molecule has 7 atom stereocenters. The third-order valence-corrected chi connectivity index (χ3v) is 13.4. The minimum atomic E-state index is -4.27. The summed E-state index contributed by atoms with van der Waals surface area (Å²) in [4.78, 5) is 78.9. The van der Waals surface area contributed by atoms with Crippen LogP contribution in [0.15, 0.2) is 57.0 Å². The van der Waals surface area contributed by atoms with Crippen LogP contribution in [0.3, 0.4) is 0 Å². The first kappa shape index (κ1) is 35.6. The summed E-state index contributed by atoms with van der Waals surface area (Å²) in [6.07, 6.45) is -0.556. The van der Waals surface area contributed by atoms with Crippen molar-refractivity contribution in [1.82, 2.24) is 5.16 Å². The Morgan fingerprint density at radius 2 is 1.77 bits per heavy atom. The predicted octanol–water partition coefficient (Wildman–Crippen LogP) is 2.42. The van der Waals surface area contributed by atoms with Crippen molar-refractivity contribution in [1.29, 1.82) is 0 Å². The number of carbonyl (C=O) groups excluding carboxylic acids is 5. The molecule has 3 saturated carbocycles. The van der Waals surface area contributed by atoms with E-state index in [0.29, 0.717) is 25.7 Å². The van der Waals surface area contributed by atoms with Gasteiger partial charge in [-0.25, -0.2) is 8.42 Å². The number of cyclic esters (lactones) is 1. The van der Waals surface area contributed by atoms with Gasteiger partial charge in [0.1, 0.15) is 18.8 Å². The van der Waals surface area contributed by atoms with Crippen LogP contribution in [0.4, 0.5) is 0 Å². The number of esters is 4. The van der Waals surface area contributed by atoms with Gasteiger partial charge >= 0.3 is 34.8 Å². The molecule has 17 heteroatoms. The quantitative estimate of drug-likeness (QED) is 0.115. The van der Waals surface area contributed by atoms with E-state index in [9.17, 15) is 37.3 Å². The van der Waals surface area contributed by atoms with Crippen molar-refractivity contribution in [3.05, 3.63) is 47.4 Å². The fourth-order valence-electron chi connectivity index (χ4n) is 9.45. The van der Waals surface area contributed by atoms with Crippen LogP contribution < -0.4 is 9.34 Å². The zero-order valence-electron chi connectivity index (χ0n) is 28.6. The summed E-state index contributed by atoms with van der Waals surface area (Å²) >= 11 is 0. The molecule has 3 aliphatic carbocycles. The lowest BCUT2D eigenvalue weighted by molar-refractivity contribution is -0.744. The van der Waals surface area contributed by atoms with Gasteiger partial charge in [-0.1, -0.05) is 43.3 Å². The number of sulfone groups is 1. The molecule has 0 amide bonds. The molecule has 16 nitrogen and oxygen atoms in total. The Labute approximate surface area is 297 Å². The lowest BCUT2D eigenvalue weighted by Crippen LogP contribution is -2.71. The van der Waals surface area contributed by atoms with Crippen LogP contribution in [0, 0.1) is 38.9 Å². The second-order valence-corrected chi connectivity index (χ2v) is 16.6. The van der Waals surface area contributed by atoms with Crippen LogP contribution in [0.1, 0.15) is 58.8 Å². The Morgan fingerprint density at radius 1 is 1.04 bits per heavy atom. The first-order chi connectivity index (χ1) is 24.7. The number of fused-ring (bicyclic) bond motifs is 1. The fraction of sp³-hybridized carbons (Fsp3) is 0.571. The highest BCUT2D eigenvalue weighted by molar-refractivity contribution is 7.91. The number of aromatic nitrogens is 2. The Bertz CT molecular complexity index is 2020. The fourth-order valence-corrected chi connectivity index (χ4v) is 10.8. The monoisotopic (exact) mass is 743 g/mol. The van der Waals surface area contributed by atoms with Gasteiger partial charge in [0.05, 0.1) is 42.3 Å². The predicted molar refractivity (Wildman–Crippen MR) is 171 cm³/mol. The Hall–Kier alpha value is -4.80. The van der Waals surface area contributed by atoms with Crippen LogP contribution in [0.2, 0.25) is 0 Å². The summed E-state index contributed by atoms with van der Waals surface area (Å²) in [5.41, 5.74) is -3.13. The molecule has 7 rings (SSSR count). The van der Waals surface area contributed by atoms with Gasteiger partial charge in [0.2, 0.25) is 4.60 Å². The molecular formula is C35H39N2O14S+. The molecule has 1 N–H and O–H groups in total. The zero-order chi connectivity index (χ0) is 37.2. The molecule has 3 heterocycles. The van der Waals surface area contributed by atoms with Crippen molar-refractivity contribution in [2.24, 2.45) is 34.0 Å². The maximum absolute atomic E-state index is 14.1. The largest absolute Gasteiger partial charge is 0.466 e. The number of H-pyrrole nitrogens is 1. The molecule has 2 saturated heterocycles. The molecule has 2 spiro atoms. The second kappa shape index (κ2) is 12.7. The van der Waals surface area contributed by atoms with Crippen molar-refractivity contribution in [3.63, 3.8) is 0 Å². The molecule has 1 aromatic carbocycles. The summed E-state index contributed by atoms with van der Waals surface area (Å²) in [6, 6.07) is 7.23. The molecule has 0 radical (unpaired) electrons. The van der Waals surface area contributed by atoms with Gasteiger partial charge in [0.25, 0.3) is 9.84 Å². The molecule has 0 unspecified atom stereocenters. The number of hydrogen-bond donors (Lipinski definition) is 1. The van der Waals surface area contributed by atoms with E-state index in [0.717, 1.165) is 0 Å². The summed E-state index contributed by atoms with van der Waals surface area (Å²) in [7, 11) is -4.27. The van der Waals surface area contributed by atoms with Gasteiger partial charge in [0, 0.05) is 12.3 Å². The van der Waals surface area contributed by atoms with Crippen molar-refractivity contribution in [2.45, 2.75) is 80.9 Å². The van der Waals surface area contributed by atoms with Gasteiger partial charge < -0.3 is 23.7 Å². The van der Waals surface area contributed by atoms with Crippen molar-refractivity contribution >= 4 is 39.5 Å².